The number of amides is 1. The highest BCUT2D eigenvalue weighted by Crippen LogP contribution is 2.17. The van der Waals surface area contributed by atoms with Crippen molar-refractivity contribution in [3.8, 4) is 5.75 Å². The van der Waals surface area contributed by atoms with Crippen molar-refractivity contribution in [2.45, 2.75) is 13.8 Å². The lowest BCUT2D eigenvalue weighted by molar-refractivity contribution is 0.0388. The van der Waals surface area contributed by atoms with Crippen LogP contribution in [-0.2, 0) is 4.74 Å². The Balaban J connectivity index is 1.75. The predicted octanol–water partition coefficient (Wildman–Crippen LogP) is 2.43. The molecule has 6 nitrogen and oxygen atoms in total. The van der Waals surface area contributed by atoms with Gasteiger partial charge in [0, 0.05) is 37.8 Å². The van der Waals surface area contributed by atoms with E-state index in [0.717, 1.165) is 31.9 Å². The quantitative estimate of drug-likeness (QED) is 0.875. The van der Waals surface area contributed by atoms with Gasteiger partial charge in [-0.1, -0.05) is 13.8 Å². The summed E-state index contributed by atoms with van der Waals surface area (Å²) in [5, 5.41) is 7.33. The molecular formula is C16H25N3O3. The molecule has 2 rings (SSSR count). The molecule has 1 fully saturated rings. The molecule has 1 saturated heterocycles. The summed E-state index contributed by atoms with van der Waals surface area (Å²) in [4.78, 5) is 11.8. The summed E-state index contributed by atoms with van der Waals surface area (Å²) < 4.78 is 10.4. The molecule has 0 radical (unpaired) electrons. The summed E-state index contributed by atoms with van der Waals surface area (Å²) >= 11 is 0. The summed E-state index contributed by atoms with van der Waals surface area (Å²) in [5.74, 6) is 1.12. The van der Waals surface area contributed by atoms with E-state index in [1.165, 1.54) is 0 Å². The third kappa shape index (κ3) is 4.35. The van der Waals surface area contributed by atoms with E-state index in [1.54, 1.807) is 31.4 Å². The third-order valence-electron chi connectivity index (χ3n) is 3.85. The van der Waals surface area contributed by atoms with Crippen molar-refractivity contribution in [1.29, 1.82) is 0 Å². The summed E-state index contributed by atoms with van der Waals surface area (Å²) in [7, 11) is 1.61. The van der Waals surface area contributed by atoms with Crippen LogP contribution in [0.25, 0.3) is 0 Å². The monoisotopic (exact) mass is 307 g/mol. The van der Waals surface area contributed by atoms with Crippen LogP contribution >= 0.6 is 0 Å². The Bertz CT molecular complexity index is 466. The molecule has 1 aliphatic rings. The molecule has 0 bridgehead atoms. The number of carbonyl (C=O) groups excluding carboxylic acids is 1. The molecule has 6 heteroatoms. The maximum absolute atomic E-state index is 11.8. The molecule has 0 unspecified atom stereocenters. The van der Waals surface area contributed by atoms with Crippen molar-refractivity contribution in [3.05, 3.63) is 24.3 Å². The molecule has 0 spiro atoms. The Labute approximate surface area is 132 Å². The van der Waals surface area contributed by atoms with Gasteiger partial charge >= 0.3 is 6.09 Å². The van der Waals surface area contributed by atoms with E-state index < -0.39 is 6.09 Å². The number of anilines is 1. The normalized spacial score (nSPS) is 16.7. The Morgan fingerprint density at radius 2 is 1.77 bits per heavy atom. The molecule has 1 heterocycles. The first kappa shape index (κ1) is 16.6. The van der Waals surface area contributed by atoms with Crippen LogP contribution in [0, 0.1) is 5.92 Å². The van der Waals surface area contributed by atoms with E-state index in [2.05, 4.69) is 29.2 Å². The Kier molecular flexibility index (Phi) is 6.03. The molecule has 22 heavy (non-hydrogen) atoms. The molecule has 1 aromatic rings. The van der Waals surface area contributed by atoms with Gasteiger partial charge in [0.2, 0.25) is 0 Å². The van der Waals surface area contributed by atoms with Crippen LogP contribution in [0.15, 0.2) is 24.3 Å². The highest BCUT2D eigenvalue weighted by atomic mass is 16.5. The van der Waals surface area contributed by atoms with Crippen molar-refractivity contribution in [3.63, 3.8) is 0 Å². The molecular weight excluding hydrogens is 282 g/mol. The minimum absolute atomic E-state index is 0.363. The molecule has 122 valence electrons. The molecule has 0 aromatic heterocycles. The third-order valence-corrected chi connectivity index (χ3v) is 3.85. The summed E-state index contributed by atoms with van der Waals surface area (Å²) in [6.07, 6.45) is -0.414. The second-order valence-corrected chi connectivity index (χ2v) is 5.33. The van der Waals surface area contributed by atoms with Gasteiger partial charge in [0.05, 0.1) is 13.7 Å². The second kappa shape index (κ2) is 8.00. The molecule has 0 saturated carbocycles. The molecule has 1 aromatic carbocycles. The highest BCUT2D eigenvalue weighted by Gasteiger charge is 2.28. The van der Waals surface area contributed by atoms with Crippen molar-refractivity contribution < 1.29 is 14.3 Å². The van der Waals surface area contributed by atoms with Gasteiger partial charge in [0.1, 0.15) is 5.75 Å². The molecule has 1 amide bonds. The number of carbonyl (C=O) groups is 1. The zero-order valence-corrected chi connectivity index (χ0v) is 13.5. The maximum Gasteiger partial charge on any atom is 0.411 e. The fourth-order valence-electron chi connectivity index (χ4n) is 2.67. The van der Waals surface area contributed by atoms with E-state index in [4.69, 9.17) is 9.47 Å². The molecule has 0 atom stereocenters. The van der Waals surface area contributed by atoms with Crippen molar-refractivity contribution >= 4 is 11.8 Å². The number of nitrogens with zero attached hydrogens (tertiary/aromatic N) is 2. The number of ether oxygens (including phenoxy) is 2. The SMILES string of the molecule is CCN1CC(COC(=O)Nc2ccc(OC)cc2)CN1CC. The molecule has 1 aliphatic heterocycles. The summed E-state index contributed by atoms with van der Waals surface area (Å²) in [6.45, 7) is 8.59. The lowest BCUT2D eigenvalue weighted by atomic mass is 10.2. The average Bonchev–Trinajstić information content (AvgIpc) is 2.96. The fraction of sp³-hybridized carbons (Fsp3) is 0.562. The first-order chi connectivity index (χ1) is 10.7. The lowest BCUT2D eigenvalue weighted by Crippen LogP contribution is -2.35. The van der Waals surface area contributed by atoms with E-state index in [1.807, 2.05) is 0 Å². The van der Waals surface area contributed by atoms with Gasteiger partial charge in [0.25, 0.3) is 0 Å². The number of hydrogen-bond donors (Lipinski definition) is 1. The Morgan fingerprint density at radius 3 is 2.27 bits per heavy atom. The summed E-state index contributed by atoms with van der Waals surface area (Å²) in [5.41, 5.74) is 0.697. The first-order valence-corrected chi connectivity index (χ1v) is 7.73. The van der Waals surface area contributed by atoms with Gasteiger partial charge in [-0.3, -0.25) is 5.32 Å². The van der Waals surface area contributed by atoms with Crippen molar-refractivity contribution in [2.75, 3.05) is 45.2 Å². The Hall–Kier alpha value is -1.79. The average molecular weight is 307 g/mol. The number of rotatable bonds is 6. The van der Waals surface area contributed by atoms with Crippen LogP contribution in [0.4, 0.5) is 10.5 Å². The zero-order valence-electron chi connectivity index (χ0n) is 13.5. The standard InChI is InChI=1S/C16H25N3O3/c1-4-18-10-13(11-19(18)5-2)12-22-16(20)17-14-6-8-15(21-3)9-7-14/h6-9,13H,4-5,10-12H2,1-3H3,(H,17,20). The van der Waals surface area contributed by atoms with E-state index in [9.17, 15) is 4.79 Å². The number of benzene rings is 1. The van der Waals surface area contributed by atoms with Crippen molar-refractivity contribution in [1.82, 2.24) is 10.0 Å². The van der Waals surface area contributed by atoms with Gasteiger partial charge in [0.15, 0.2) is 0 Å². The first-order valence-electron chi connectivity index (χ1n) is 7.73. The van der Waals surface area contributed by atoms with Crippen LogP contribution in [0.5, 0.6) is 5.75 Å². The van der Waals surface area contributed by atoms with Crippen LogP contribution in [-0.4, -0.2) is 56.0 Å². The minimum atomic E-state index is -0.414. The number of hydrogen-bond acceptors (Lipinski definition) is 5. The van der Waals surface area contributed by atoms with E-state index in [-0.39, 0.29) is 0 Å². The Morgan fingerprint density at radius 1 is 1.18 bits per heavy atom. The number of nitrogens with one attached hydrogen (secondary N) is 1. The van der Waals surface area contributed by atoms with Gasteiger partial charge in [-0.05, 0) is 24.3 Å². The smallest absolute Gasteiger partial charge is 0.411 e. The van der Waals surface area contributed by atoms with Crippen LogP contribution in [0.1, 0.15) is 13.8 Å². The zero-order chi connectivity index (χ0) is 15.9. The van der Waals surface area contributed by atoms with Gasteiger partial charge in [-0.2, -0.15) is 0 Å². The second-order valence-electron chi connectivity index (χ2n) is 5.33. The minimum Gasteiger partial charge on any atom is -0.497 e. The van der Waals surface area contributed by atoms with E-state index in [0.29, 0.717) is 18.2 Å². The van der Waals surface area contributed by atoms with Crippen molar-refractivity contribution in [2.24, 2.45) is 5.92 Å². The largest absolute Gasteiger partial charge is 0.497 e. The van der Waals surface area contributed by atoms with Crippen LogP contribution in [0.2, 0.25) is 0 Å². The van der Waals surface area contributed by atoms with E-state index >= 15 is 0 Å². The topological polar surface area (TPSA) is 54.0 Å². The summed E-state index contributed by atoms with van der Waals surface area (Å²) in [6, 6.07) is 7.16. The lowest BCUT2D eigenvalue weighted by Gasteiger charge is -2.24. The number of hydrazine groups is 1. The highest BCUT2D eigenvalue weighted by molar-refractivity contribution is 5.84. The predicted molar refractivity (Wildman–Crippen MR) is 85.9 cm³/mol. The van der Waals surface area contributed by atoms with Gasteiger partial charge in [-0.25, -0.2) is 14.8 Å². The fourth-order valence-corrected chi connectivity index (χ4v) is 2.67. The molecule has 0 aliphatic carbocycles. The van der Waals surface area contributed by atoms with Gasteiger partial charge in [-0.15, -0.1) is 0 Å². The number of methoxy groups -OCH3 is 1. The van der Waals surface area contributed by atoms with Crippen LogP contribution in [0.3, 0.4) is 0 Å². The maximum atomic E-state index is 11.8. The van der Waals surface area contributed by atoms with Crippen LogP contribution < -0.4 is 10.1 Å². The van der Waals surface area contributed by atoms with Gasteiger partial charge < -0.3 is 9.47 Å². The molecule has 1 N–H and O–H groups in total.